The number of aliphatic carboxylic acids is 1. The van der Waals surface area contributed by atoms with Gasteiger partial charge in [-0.2, -0.15) is 0 Å². The summed E-state index contributed by atoms with van der Waals surface area (Å²) in [7, 11) is -3.90. The van der Waals surface area contributed by atoms with Crippen molar-refractivity contribution < 1.29 is 18.3 Å². The van der Waals surface area contributed by atoms with E-state index in [9.17, 15) is 13.2 Å². The molecule has 5 nitrogen and oxygen atoms in total. The van der Waals surface area contributed by atoms with Gasteiger partial charge in [-0.25, -0.2) is 13.1 Å². The van der Waals surface area contributed by atoms with Gasteiger partial charge in [0.1, 0.15) is 0 Å². The summed E-state index contributed by atoms with van der Waals surface area (Å²) in [5.41, 5.74) is 0.709. The zero-order valence-electron chi connectivity index (χ0n) is 9.92. The third kappa shape index (κ3) is 3.69. The first-order chi connectivity index (χ1) is 8.24. The van der Waals surface area contributed by atoms with Gasteiger partial charge in [-0.3, -0.25) is 4.79 Å². The fraction of sp³-hybridized carbons (Fsp3) is 0.364. The van der Waals surface area contributed by atoms with Crippen LogP contribution in [0.5, 0.6) is 0 Å². The molecule has 0 aromatic heterocycles. The smallest absolute Gasteiger partial charge is 0.323 e. The van der Waals surface area contributed by atoms with Crippen LogP contribution < -0.4 is 4.72 Å². The summed E-state index contributed by atoms with van der Waals surface area (Å²) >= 11 is 5.73. The number of carbonyl (C=O) groups is 1. The highest BCUT2D eigenvalue weighted by Gasteiger charge is 2.29. The van der Waals surface area contributed by atoms with Crippen molar-refractivity contribution in [3.05, 3.63) is 34.9 Å². The van der Waals surface area contributed by atoms with E-state index in [0.29, 0.717) is 10.6 Å². The lowest BCUT2D eigenvalue weighted by Crippen LogP contribution is -2.38. The highest BCUT2D eigenvalue weighted by molar-refractivity contribution is 7.90. The average molecular weight is 292 g/mol. The Bertz CT molecular complexity index is 526. The second-order valence-electron chi connectivity index (χ2n) is 3.92. The number of rotatable bonds is 5. The second kappa shape index (κ2) is 5.69. The molecule has 7 heteroatoms. The molecule has 2 N–H and O–H groups in total. The van der Waals surface area contributed by atoms with Gasteiger partial charge in [-0.05, 0) is 31.5 Å². The molecule has 0 fully saturated rings. The maximum Gasteiger partial charge on any atom is 0.323 e. The van der Waals surface area contributed by atoms with Gasteiger partial charge in [0.05, 0.1) is 0 Å². The number of sulfonamides is 1. The minimum Gasteiger partial charge on any atom is -0.480 e. The molecular weight excluding hydrogens is 278 g/mol. The van der Waals surface area contributed by atoms with Gasteiger partial charge in [0, 0.05) is 11.1 Å². The maximum absolute atomic E-state index is 11.7. The molecule has 2 unspecified atom stereocenters. The second-order valence-corrected chi connectivity index (χ2v) is 6.39. The van der Waals surface area contributed by atoms with Crippen LogP contribution in [0.3, 0.4) is 0 Å². The van der Waals surface area contributed by atoms with E-state index in [1.807, 2.05) is 0 Å². The van der Waals surface area contributed by atoms with E-state index < -0.39 is 27.3 Å². The van der Waals surface area contributed by atoms with E-state index >= 15 is 0 Å². The van der Waals surface area contributed by atoms with Crippen molar-refractivity contribution in [2.75, 3.05) is 0 Å². The minimum atomic E-state index is -3.90. The van der Waals surface area contributed by atoms with Crippen LogP contribution in [0.2, 0.25) is 5.02 Å². The molecule has 0 aliphatic rings. The molecule has 0 aliphatic carbocycles. The summed E-state index contributed by atoms with van der Waals surface area (Å²) < 4.78 is 25.7. The Kier molecular flexibility index (Phi) is 4.72. The Morgan fingerprint density at radius 1 is 1.28 bits per heavy atom. The number of nitrogens with one attached hydrogen (secondary N) is 1. The quantitative estimate of drug-likeness (QED) is 0.866. The molecule has 0 saturated carbocycles. The Morgan fingerprint density at radius 3 is 2.22 bits per heavy atom. The van der Waals surface area contributed by atoms with Crippen molar-refractivity contribution >= 4 is 27.6 Å². The standard InChI is InChI=1S/C11H14ClNO4S/c1-7(9-3-5-10(12)6-4-9)13-18(16,17)8(2)11(14)15/h3-8,13H,1-2H3,(H,14,15). The first-order valence-corrected chi connectivity index (χ1v) is 7.16. The average Bonchev–Trinajstić information content (AvgIpc) is 2.28. The van der Waals surface area contributed by atoms with Crippen LogP contribution in [0.15, 0.2) is 24.3 Å². The number of carboxylic acid groups (broad SMARTS) is 1. The fourth-order valence-corrected chi connectivity index (χ4v) is 2.53. The summed E-state index contributed by atoms with van der Waals surface area (Å²) in [6.45, 7) is 2.76. The van der Waals surface area contributed by atoms with Crippen LogP contribution in [0, 0.1) is 0 Å². The largest absolute Gasteiger partial charge is 0.480 e. The van der Waals surface area contributed by atoms with E-state index in [2.05, 4.69) is 4.72 Å². The van der Waals surface area contributed by atoms with Crippen molar-refractivity contribution in [1.29, 1.82) is 0 Å². The topological polar surface area (TPSA) is 83.5 Å². The monoisotopic (exact) mass is 291 g/mol. The third-order valence-electron chi connectivity index (χ3n) is 2.52. The molecule has 0 spiro atoms. The minimum absolute atomic E-state index is 0.519. The number of benzene rings is 1. The third-order valence-corrected chi connectivity index (χ3v) is 4.59. The van der Waals surface area contributed by atoms with Gasteiger partial charge in [-0.1, -0.05) is 23.7 Å². The number of halogens is 1. The van der Waals surface area contributed by atoms with Gasteiger partial charge in [0.15, 0.2) is 5.25 Å². The molecule has 18 heavy (non-hydrogen) atoms. The number of hydrogen-bond acceptors (Lipinski definition) is 3. The van der Waals surface area contributed by atoms with Crippen molar-refractivity contribution in [2.45, 2.75) is 25.1 Å². The molecule has 0 heterocycles. The molecule has 0 saturated heterocycles. The van der Waals surface area contributed by atoms with Crippen LogP contribution in [-0.2, 0) is 14.8 Å². The lowest BCUT2D eigenvalue weighted by atomic mass is 10.1. The highest BCUT2D eigenvalue weighted by Crippen LogP contribution is 2.17. The van der Waals surface area contributed by atoms with Gasteiger partial charge in [0.2, 0.25) is 10.0 Å². The normalized spacial score (nSPS) is 15.1. The number of carboxylic acids is 1. The van der Waals surface area contributed by atoms with Crippen LogP contribution in [-0.4, -0.2) is 24.7 Å². The van der Waals surface area contributed by atoms with E-state index in [4.69, 9.17) is 16.7 Å². The van der Waals surface area contributed by atoms with Crippen LogP contribution in [0.1, 0.15) is 25.5 Å². The summed E-state index contributed by atoms with van der Waals surface area (Å²) in [6.07, 6.45) is 0. The van der Waals surface area contributed by atoms with Crippen LogP contribution >= 0.6 is 11.6 Å². The first kappa shape index (κ1) is 14.9. The SMILES string of the molecule is CC(NS(=O)(=O)C(C)C(=O)O)c1ccc(Cl)cc1. The van der Waals surface area contributed by atoms with Gasteiger partial charge in [-0.15, -0.1) is 0 Å². The zero-order chi connectivity index (χ0) is 13.9. The van der Waals surface area contributed by atoms with Gasteiger partial charge < -0.3 is 5.11 Å². The van der Waals surface area contributed by atoms with Crippen LogP contribution in [0.25, 0.3) is 0 Å². The summed E-state index contributed by atoms with van der Waals surface area (Å²) in [4.78, 5) is 10.7. The van der Waals surface area contributed by atoms with E-state index in [1.54, 1.807) is 31.2 Å². The maximum atomic E-state index is 11.7. The molecule has 1 aromatic carbocycles. The van der Waals surface area contributed by atoms with E-state index in [-0.39, 0.29) is 0 Å². The molecule has 0 radical (unpaired) electrons. The van der Waals surface area contributed by atoms with Crippen molar-refractivity contribution in [3.63, 3.8) is 0 Å². The predicted molar refractivity (Wildman–Crippen MR) is 69.0 cm³/mol. The molecule has 100 valence electrons. The number of hydrogen-bond donors (Lipinski definition) is 2. The van der Waals surface area contributed by atoms with Crippen LogP contribution in [0.4, 0.5) is 0 Å². The Hall–Kier alpha value is -1.11. The van der Waals surface area contributed by atoms with Crippen molar-refractivity contribution in [1.82, 2.24) is 4.72 Å². The molecule has 1 rings (SSSR count). The van der Waals surface area contributed by atoms with E-state index in [1.165, 1.54) is 0 Å². The molecule has 0 amide bonds. The molecular formula is C11H14ClNO4S. The molecule has 1 aromatic rings. The molecule has 0 aliphatic heterocycles. The predicted octanol–water partition coefficient (Wildman–Crippen LogP) is 1.79. The van der Waals surface area contributed by atoms with Gasteiger partial charge in [0.25, 0.3) is 0 Å². The van der Waals surface area contributed by atoms with E-state index in [0.717, 1.165) is 6.92 Å². The highest BCUT2D eigenvalue weighted by atomic mass is 35.5. The summed E-state index contributed by atoms with van der Waals surface area (Å²) in [6, 6.07) is 6.13. The first-order valence-electron chi connectivity index (χ1n) is 5.23. The lowest BCUT2D eigenvalue weighted by molar-refractivity contribution is -0.136. The molecule has 0 bridgehead atoms. The lowest BCUT2D eigenvalue weighted by Gasteiger charge is -2.16. The summed E-state index contributed by atoms with van der Waals surface area (Å²) in [5, 5.41) is 7.76. The Morgan fingerprint density at radius 2 is 1.78 bits per heavy atom. The van der Waals surface area contributed by atoms with Crippen molar-refractivity contribution in [3.8, 4) is 0 Å². The fourth-order valence-electron chi connectivity index (χ4n) is 1.30. The van der Waals surface area contributed by atoms with Gasteiger partial charge >= 0.3 is 5.97 Å². The zero-order valence-corrected chi connectivity index (χ0v) is 11.5. The summed E-state index contributed by atoms with van der Waals surface area (Å²) in [5.74, 6) is -1.38. The van der Waals surface area contributed by atoms with Crippen molar-refractivity contribution in [2.24, 2.45) is 0 Å². The Balaban J connectivity index is 2.85. The molecule has 2 atom stereocenters. The Labute approximate surface area is 111 Å².